The molecule has 0 amide bonds. The summed E-state index contributed by atoms with van der Waals surface area (Å²) in [7, 11) is 1.63. The van der Waals surface area contributed by atoms with Gasteiger partial charge in [-0.25, -0.2) is 0 Å². The van der Waals surface area contributed by atoms with Gasteiger partial charge in [0.2, 0.25) is 0 Å². The van der Waals surface area contributed by atoms with Crippen molar-refractivity contribution in [3.63, 3.8) is 0 Å². The summed E-state index contributed by atoms with van der Waals surface area (Å²) in [6.45, 7) is 1.79. The Bertz CT molecular complexity index is 410. The molecule has 0 saturated carbocycles. The van der Waals surface area contributed by atoms with Gasteiger partial charge in [-0.2, -0.15) is 0 Å². The van der Waals surface area contributed by atoms with Crippen molar-refractivity contribution in [3.8, 4) is 5.75 Å². The summed E-state index contributed by atoms with van der Waals surface area (Å²) in [6.07, 6.45) is 3.98. The number of hydrogen-bond donors (Lipinski definition) is 1. The maximum Gasteiger partial charge on any atom is 0.321 e. The number of nitrogens with zero attached hydrogens (tertiary/aromatic N) is 1. The van der Waals surface area contributed by atoms with Crippen molar-refractivity contribution in [2.45, 2.75) is 31.7 Å². The third-order valence-electron chi connectivity index (χ3n) is 3.70. The fraction of sp³-hybridized carbons (Fsp3) is 0.533. The minimum atomic E-state index is -0.724. The first kappa shape index (κ1) is 13.9. The van der Waals surface area contributed by atoms with E-state index in [9.17, 15) is 9.90 Å². The fourth-order valence-electron chi connectivity index (χ4n) is 2.59. The van der Waals surface area contributed by atoms with Crippen LogP contribution in [0.1, 0.15) is 24.8 Å². The SMILES string of the molecule is COc1ccc(C[C@@H](C(=O)O)N2CCCCC2)cc1. The van der Waals surface area contributed by atoms with Gasteiger partial charge in [-0.3, -0.25) is 9.69 Å². The van der Waals surface area contributed by atoms with E-state index in [1.807, 2.05) is 24.3 Å². The van der Waals surface area contributed by atoms with Gasteiger partial charge in [0.15, 0.2) is 0 Å². The van der Waals surface area contributed by atoms with Crippen molar-refractivity contribution >= 4 is 5.97 Å². The molecule has 1 saturated heterocycles. The first-order valence-electron chi connectivity index (χ1n) is 6.80. The van der Waals surface area contributed by atoms with Crippen LogP contribution >= 0.6 is 0 Å². The van der Waals surface area contributed by atoms with Gasteiger partial charge >= 0.3 is 5.97 Å². The number of hydrogen-bond acceptors (Lipinski definition) is 3. The second-order valence-electron chi connectivity index (χ2n) is 5.00. The molecule has 1 atom stereocenters. The van der Waals surface area contributed by atoms with E-state index in [-0.39, 0.29) is 0 Å². The number of ether oxygens (including phenoxy) is 1. The van der Waals surface area contributed by atoms with Crippen LogP contribution in [0.15, 0.2) is 24.3 Å². The van der Waals surface area contributed by atoms with Gasteiger partial charge in [0.05, 0.1) is 7.11 Å². The van der Waals surface area contributed by atoms with Gasteiger partial charge in [-0.05, 0) is 50.0 Å². The van der Waals surface area contributed by atoms with Crippen LogP contribution in [-0.4, -0.2) is 42.2 Å². The molecule has 0 bridgehead atoms. The van der Waals surface area contributed by atoms with Crippen LogP contribution in [0.25, 0.3) is 0 Å². The Morgan fingerprint density at radius 3 is 2.42 bits per heavy atom. The highest BCUT2D eigenvalue weighted by molar-refractivity contribution is 5.74. The van der Waals surface area contributed by atoms with Gasteiger partial charge in [-0.15, -0.1) is 0 Å². The lowest BCUT2D eigenvalue weighted by atomic mass is 10.0. The predicted molar refractivity (Wildman–Crippen MR) is 73.5 cm³/mol. The molecule has 1 aromatic carbocycles. The lowest BCUT2D eigenvalue weighted by Gasteiger charge is -2.32. The fourth-order valence-corrected chi connectivity index (χ4v) is 2.59. The molecule has 0 aliphatic carbocycles. The highest BCUT2D eigenvalue weighted by Crippen LogP contribution is 2.18. The summed E-state index contributed by atoms with van der Waals surface area (Å²) in [4.78, 5) is 13.6. The van der Waals surface area contributed by atoms with E-state index in [4.69, 9.17) is 4.74 Å². The molecule has 0 radical (unpaired) electrons. The van der Waals surface area contributed by atoms with Crippen LogP contribution in [0.4, 0.5) is 0 Å². The smallest absolute Gasteiger partial charge is 0.321 e. The van der Waals surface area contributed by atoms with Crippen molar-refractivity contribution in [1.82, 2.24) is 4.90 Å². The number of likely N-dealkylation sites (tertiary alicyclic amines) is 1. The van der Waals surface area contributed by atoms with Crippen LogP contribution in [0, 0.1) is 0 Å². The Labute approximate surface area is 114 Å². The number of carbonyl (C=O) groups is 1. The first-order chi connectivity index (χ1) is 9.20. The first-order valence-corrected chi connectivity index (χ1v) is 6.80. The maximum atomic E-state index is 11.5. The summed E-state index contributed by atoms with van der Waals surface area (Å²) in [5.41, 5.74) is 1.04. The number of carboxylic acid groups (broad SMARTS) is 1. The van der Waals surface area contributed by atoms with Gasteiger partial charge in [-0.1, -0.05) is 18.6 Å². The Morgan fingerprint density at radius 1 is 1.26 bits per heavy atom. The third-order valence-corrected chi connectivity index (χ3v) is 3.70. The predicted octanol–water partition coefficient (Wildman–Crippen LogP) is 2.18. The zero-order valence-electron chi connectivity index (χ0n) is 11.3. The number of benzene rings is 1. The standard InChI is InChI=1S/C15H21NO3/c1-19-13-7-5-12(6-8-13)11-14(15(17)18)16-9-3-2-4-10-16/h5-8,14H,2-4,9-11H2,1H3,(H,17,18)/t14-/m0/s1. The zero-order valence-corrected chi connectivity index (χ0v) is 11.3. The van der Waals surface area contributed by atoms with Gasteiger partial charge < -0.3 is 9.84 Å². The molecule has 1 fully saturated rings. The van der Waals surface area contributed by atoms with E-state index in [2.05, 4.69) is 4.90 Å². The van der Waals surface area contributed by atoms with Crippen LogP contribution < -0.4 is 4.74 Å². The van der Waals surface area contributed by atoms with Crippen molar-refractivity contribution in [1.29, 1.82) is 0 Å². The molecule has 104 valence electrons. The van der Waals surface area contributed by atoms with Gasteiger partial charge in [0.1, 0.15) is 11.8 Å². The topological polar surface area (TPSA) is 49.8 Å². The second kappa shape index (κ2) is 6.57. The van der Waals surface area contributed by atoms with E-state index in [1.54, 1.807) is 7.11 Å². The Kier molecular flexibility index (Phi) is 4.80. The summed E-state index contributed by atoms with van der Waals surface area (Å²) in [5, 5.41) is 9.42. The highest BCUT2D eigenvalue weighted by atomic mass is 16.5. The van der Waals surface area contributed by atoms with Crippen LogP contribution in [0.5, 0.6) is 5.75 Å². The van der Waals surface area contributed by atoms with Gasteiger partial charge in [0, 0.05) is 0 Å². The molecule has 0 unspecified atom stereocenters. The molecule has 4 heteroatoms. The Morgan fingerprint density at radius 2 is 1.89 bits per heavy atom. The quantitative estimate of drug-likeness (QED) is 0.884. The normalized spacial score (nSPS) is 17.9. The summed E-state index contributed by atoms with van der Waals surface area (Å²) >= 11 is 0. The molecule has 4 nitrogen and oxygen atoms in total. The molecule has 0 spiro atoms. The molecule has 1 N–H and O–H groups in total. The summed E-state index contributed by atoms with van der Waals surface area (Å²) in [6, 6.07) is 7.24. The number of methoxy groups -OCH3 is 1. The second-order valence-corrected chi connectivity index (χ2v) is 5.00. The van der Waals surface area contributed by atoms with E-state index in [1.165, 1.54) is 6.42 Å². The largest absolute Gasteiger partial charge is 0.497 e. The molecule has 19 heavy (non-hydrogen) atoms. The molecule has 1 aliphatic heterocycles. The molecule has 1 heterocycles. The zero-order chi connectivity index (χ0) is 13.7. The lowest BCUT2D eigenvalue weighted by Crippen LogP contribution is -2.45. The number of piperidine rings is 1. The molecular weight excluding hydrogens is 242 g/mol. The Hall–Kier alpha value is -1.55. The minimum absolute atomic E-state index is 0.409. The van der Waals surface area contributed by atoms with E-state index in [0.29, 0.717) is 6.42 Å². The van der Waals surface area contributed by atoms with Crippen LogP contribution in [-0.2, 0) is 11.2 Å². The number of rotatable bonds is 5. The monoisotopic (exact) mass is 263 g/mol. The summed E-state index contributed by atoms with van der Waals surface area (Å²) < 4.78 is 5.11. The molecule has 1 aromatic rings. The van der Waals surface area contributed by atoms with E-state index < -0.39 is 12.0 Å². The van der Waals surface area contributed by atoms with E-state index in [0.717, 1.165) is 37.2 Å². The Balaban J connectivity index is 2.04. The third kappa shape index (κ3) is 3.70. The maximum absolute atomic E-state index is 11.5. The van der Waals surface area contributed by atoms with Crippen LogP contribution in [0.2, 0.25) is 0 Å². The molecule has 1 aliphatic rings. The molecular formula is C15H21NO3. The highest BCUT2D eigenvalue weighted by Gasteiger charge is 2.26. The van der Waals surface area contributed by atoms with Crippen LogP contribution in [0.3, 0.4) is 0 Å². The number of carboxylic acids is 1. The summed E-state index contributed by atoms with van der Waals surface area (Å²) in [5.74, 6) is 0.0753. The average Bonchev–Trinajstić information content (AvgIpc) is 2.46. The lowest BCUT2D eigenvalue weighted by molar-refractivity contribution is -0.143. The molecule has 2 rings (SSSR count). The van der Waals surface area contributed by atoms with Gasteiger partial charge in [0.25, 0.3) is 0 Å². The van der Waals surface area contributed by atoms with Crippen molar-refractivity contribution in [2.24, 2.45) is 0 Å². The van der Waals surface area contributed by atoms with E-state index >= 15 is 0 Å². The van der Waals surface area contributed by atoms with Crippen molar-refractivity contribution in [3.05, 3.63) is 29.8 Å². The van der Waals surface area contributed by atoms with Crippen molar-refractivity contribution < 1.29 is 14.6 Å². The van der Waals surface area contributed by atoms with Crippen molar-refractivity contribution in [2.75, 3.05) is 20.2 Å². The minimum Gasteiger partial charge on any atom is -0.497 e. The number of aliphatic carboxylic acids is 1. The molecule has 0 aromatic heterocycles. The average molecular weight is 263 g/mol.